The number of hydrogen-bond donors (Lipinski definition) is 2. The summed E-state index contributed by atoms with van der Waals surface area (Å²) in [5, 5.41) is 2.96. The molecule has 1 saturated heterocycles. The predicted octanol–water partition coefficient (Wildman–Crippen LogP) is 1.48. The number of benzene rings is 1. The molecular weight excluding hydrogens is 330 g/mol. The van der Waals surface area contributed by atoms with Crippen LogP contribution in [0.25, 0.3) is 0 Å². The van der Waals surface area contributed by atoms with Gasteiger partial charge in [0, 0.05) is 31.8 Å². The average molecular weight is 356 g/mol. The van der Waals surface area contributed by atoms with E-state index in [-0.39, 0.29) is 5.91 Å². The highest BCUT2D eigenvalue weighted by Crippen LogP contribution is 2.20. The summed E-state index contributed by atoms with van der Waals surface area (Å²) in [6, 6.07) is 9.73. The number of rotatable bonds is 5. The van der Waals surface area contributed by atoms with Crippen LogP contribution in [0.15, 0.2) is 36.5 Å². The van der Waals surface area contributed by atoms with Crippen LogP contribution in [0.5, 0.6) is 0 Å². The standard InChI is InChI=1S/C20H25N3O3/c1-14-8-9-15(20(25)26-3)12-16(14)21-19(24)13-23-11-5-7-18(23)17-6-4-10-22(17)2/h4,6,8-10,12,18H,5,7,11,13H2,1-3H3,(H,21,24)/p+1/t18-/m0/s1. The number of likely N-dealkylation sites (tertiary alicyclic amines) is 1. The lowest BCUT2D eigenvalue weighted by atomic mass is 10.1. The number of carbonyl (C=O) groups is 2. The zero-order chi connectivity index (χ0) is 18.7. The summed E-state index contributed by atoms with van der Waals surface area (Å²) >= 11 is 0. The van der Waals surface area contributed by atoms with Crippen LogP contribution >= 0.6 is 0 Å². The van der Waals surface area contributed by atoms with Gasteiger partial charge in [0.1, 0.15) is 6.04 Å². The molecule has 1 amide bonds. The third kappa shape index (κ3) is 3.80. The molecule has 26 heavy (non-hydrogen) atoms. The van der Waals surface area contributed by atoms with E-state index >= 15 is 0 Å². The first-order valence-corrected chi connectivity index (χ1v) is 8.94. The first kappa shape index (κ1) is 18.2. The quantitative estimate of drug-likeness (QED) is 0.798. The Bertz CT molecular complexity index is 812. The Morgan fingerprint density at radius 3 is 2.85 bits per heavy atom. The second kappa shape index (κ2) is 7.74. The van der Waals surface area contributed by atoms with E-state index in [9.17, 15) is 9.59 Å². The summed E-state index contributed by atoms with van der Waals surface area (Å²) in [7, 11) is 3.40. The predicted molar refractivity (Wildman–Crippen MR) is 99.2 cm³/mol. The van der Waals surface area contributed by atoms with Crippen molar-refractivity contribution in [2.24, 2.45) is 7.05 Å². The van der Waals surface area contributed by atoms with Gasteiger partial charge in [-0.25, -0.2) is 4.79 Å². The van der Waals surface area contributed by atoms with Crippen molar-refractivity contribution in [3.8, 4) is 0 Å². The highest BCUT2D eigenvalue weighted by Gasteiger charge is 2.33. The number of nitrogens with zero attached hydrogens (tertiary/aromatic N) is 1. The zero-order valence-electron chi connectivity index (χ0n) is 15.5. The topological polar surface area (TPSA) is 64.8 Å². The molecule has 1 aromatic heterocycles. The van der Waals surface area contributed by atoms with Crippen LogP contribution in [-0.2, 0) is 16.6 Å². The highest BCUT2D eigenvalue weighted by atomic mass is 16.5. The second-order valence-corrected chi connectivity index (χ2v) is 6.89. The van der Waals surface area contributed by atoms with Gasteiger partial charge < -0.3 is 19.5 Å². The van der Waals surface area contributed by atoms with Crippen LogP contribution in [0, 0.1) is 6.92 Å². The lowest BCUT2D eigenvalue weighted by Gasteiger charge is -2.22. The molecule has 6 heteroatoms. The zero-order valence-corrected chi connectivity index (χ0v) is 15.5. The number of methoxy groups -OCH3 is 1. The molecule has 0 aliphatic carbocycles. The van der Waals surface area contributed by atoms with Crippen LogP contribution < -0.4 is 10.2 Å². The van der Waals surface area contributed by atoms with Crippen molar-refractivity contribution in [1.82, 2.24) is 4.57 Å². The number of quaternary nitrogens is 1. The number of anilines is 1. The molecule has 0 spiro atoms. The van der Waals surface area contributed by atoms with Crippen LogP contribution in [0.2, 0.25) is 0 Å². The molecule has 6 nitrogen and oxygen atoms in total. The molecule has 0 bridgehead atoms. The SMILES string of the molecule is COC(=O)c1ccc(C)c(NC(=O)C[NH+]2CCC[C@H]2c2cccn2C)c1. The molecule has 2 heterocycles. The fourth-order valence-electron chi connectivity index (χ4n) is 3.72. The van der Waals surface area contributed by atoms with E-state index in [1.54, 1.807) is 12.1 Å². The number of ether oxygens (including phenoxy) is 1. The van der Waals surface area contributed by atoms with Crippen molar-refractivity contribution >= 4 is 17.6 Å². The van der Waals surface area contributed by atoms with E-state index in [1.165, 1.54) is 17.7 Å². The summed E-state index contributed by atoms with van der Waals surface area (Å²) in [5.41, 5.74) is 3.28. The molecule has 0 saturated carbocycles. The summed E-state index contributed by atoms with van der Waals surface area (Å²) in [6.45, 7) is 3.31. The van der Waals surface area contributed by atoms with Crippen LogP contribution in [0.4, 0.5) is 5.69 Å². The number of carbonyl (C=O) groups excluding carboxylic acids is 2. The number of nitrogens with one attached hydrogen (secondary N) is 2. The van der Waals surface area contributed by atoms with Crippen molar-refractivity contribution in [3.63, 3.8) is 0 Å². The highest BCUT2D eigenvalue weighted by molar-refractivity contribution is 5.95. The minimum absolute atomic E-state index is 0.0359. The third-order valence-corrected chi connectivity index (χ3v) is 5.14. The van der Waals surface area contributed by atoms with E-state index in [2.05, 4.69) is 16.0 Å². The third-order valence-electron chi connectivity index (χ3n) is 5.14. The minimum Gasteiger partial charge on any atom is -0.465 e. The normalized spacial score (nSPS) is 19.3. The molecule has 2 aromatic rings. The fraction of sp³-hybridized carbons (Fsp3) is 0.400. The van der Waals surface area contributed by atoms with Gasteiger partial charge in [0.2, 0.25) is 0 Å². The molecule has 2 atom stereocenters. The van der Waals surface area contributed by atoms with Gasteiger partial charge >= 0.3 is 5.97 Å². The van der Waals surface area contributed by atoms with Gasteiger partial charge in [-0.05, 0) is 36.8 Å². The number of amides is 1. The van der Waals surface area contributed by atoms with Crippen molar-refractivity contribution in [2.75, 3.05) is 25.5 Å². The van der Waals surface area contributed by atoms with E-state index in [0.29, 0.717) is 23.8 Å². The van der Waals surface area contributed by atoms with Gasteiger partial charge in [-0.3, -0.25) is 4.79 Å². The first-order valence-electron chi connectivity index (χ1n) is 8.94. The van der Waals surface area contributed by atoms with Gasteiger partial charge in [0.05, 0.1) is 24.9 Å². The van der Waals surface area contributed by atoms with Gasteiger partial charge in [-0.1, -0.05) is 6.07 Å². The molecule has 1 unspecified atom stereocenters. The monoisotopic (exact) mass is 356 g/mol. The van der Waals surface area contributed by atoms with Gasteiger partial charge in [-0.15, -0.1) is 0 Å². The first-order chi connectivity index (χ1) is 12.5. The number of aromatic nitrogens is 1. The smallest absolute Gasteiger partial charge is 0.337 e. The largest absolute Gasteiger partial charge is 0.465 e. The maximum absolute atomic E-state index is 12.6. The summed E-state index contributed by atoms with van der Waals surface area (Å²) in [4.78, 5) is 25.6. The molecule has 3 rings (SSSR count). The van der Waals surface area contributed by atoms with Crippen LogP contribution in [-0.4, -0.2) is 36.6 Å². The van der Waals surface area contributed by atoms with E-state index in [4.69, 9.17) is 4.74 Å². The molecule has 1 fully saturated rings. The second-order valence-electron chi connectivity index (χ2n) is 6.89. The molecule has 0 radical (unpaired) electrons. The molecular formula is C20H26N3O3+. The Morgan fingerprint density at radius 2 is 2.15 bits per heavy atom. The molecule has 1 aliphatic rings. The lowest BCUT2D eigenvalue weighted by molar-refractivity contribution is -0.910. The van der Waals surface area contributed by atoms with E-state index in [1.807, 2.05) is 32.3 Å². The number of aryl methyl sites for hydroxylation is 2. The number of hydrogen-bond acceptors (Lipinski definition) is 3. The molecule has 1 aliphatic heterocycles. The van der Waals surface area contributed by atoms with Crippen molar-refractivity contribution in [1.29, 1.82) is 0 Å². The van der Waals surface area contributed by atoms with Gasteiger partial charge in [-0.2, -0.15) is 0 Å². The average Bonchev–Trinajstić information content (AvgIpc) is 3.24. The molecule has 1 aromatic carbocycles. The minimum atomic E-state index is -0.408. The molecule has 2 N–H and O–H groups in total. The Morgan fingerprint density at radius 1 is 1.35 bits per heavy atom. The van der Waals surface area contributed by atoms with Gasteiger partial charge in [0.25, 0.3) is 5.91 Å². The molecule has 138 valence electrons. The summed E-state index contributed by atoms with van der Waals surface area (Å²) in [5.74, 6) is -0.444. The Labute approximate surface area is 153 Å². The Balaban J connectivity index is 1.69. The summed E-state index contributed by atoms with van der Waals surface area (Å²) < 4.78 is 6.89. The van der Waals surface area contributed by atoms with Gasteiger partial charge in [0.15, 0.2) is 6.54 Å². The van der Waals surface area contributed by atoms with E-state index < -0.39 is 5.97 Å². The number of esters is 1. The Kier molecular flexibility index (Phi) is 5.42. The summed E-state index contributed by atoms with van der Waals surface area (Å²) in [6.07, 6.45) is 4.26. The maximum atomic E-state index is 12.6. The van der Waals surface area contributed by atoms with Crippen LogP contribution in [0.3, 0.4) is 0 Å². The maximum Gasteiger partial charge on any atom is 0.337 e. The lowest BCUT2D eigenvalue weighted by Crippen LogP contribution is -3.11. The van der Waals surface area contributed by atoms with Crippen molar-refractivity contribution in [2.45, 2.75) is 25.8 Å². The van der Waals surface area contributed by atoms with Crippen molar-refractivity contribution < 1.29 is 19.2 Å². The fourth-order valence-corrected chi connectivity index (χ4v) is 3.72. The Hall–Kier alpha value is -2.60. The van der Waals surface area contributed by atoms with Crippen molar-refractivity contribution in [3.05, 3.63) is 53.3 Å². The van der Waals surface area contributed by atoms with E-state index in [0.717, 1.165) is 24.9 Å². The van der Waals surface area contributed by atoms with Crippen LogP contribution in [0.1, 0.15) is 40.5 Å².